The third kappa shape index (κ3) is 2.17. The van der Waals surface area contributed by atoms with E-state index in [1.54, 1.807) is 11.0 Å². The van der Waals surface area contributed by atoms with E-state index in [4.69, 9.17) is 4.74 Å². The molecule has 1 fully saturated rings. The number of fused-ring (bicyclic) bond motifs is 3. The number of likely N-dealkylation sites (tertiary alicyclic amines) is 1. The Labute approximate surface area is 130 Å². The average molecular weight is 319 g/mol. The standard InChI is InChI=1S/C15H14FN3O4/c16-9-1-2-13-10(3-9)14-11(7-22-13)8(6-20)5-19(14)15(21)12-4-17-23-18-12/h1-4,8,11,14,20H,5-7H2/t8-,11-,14-/m0/s1. The summed E-state index contributed by atoms with van der Waals surface area (Å²) in [4.78, 5) is 14.3. The van der Waals surface area contributed by atoms with Crippen LogP contribution in [0.5, 0.6) is 5.75 Å². The molecule has 1 aromatic carbocycles. The zero-order chi connectivity index (χ0) is 16.0. The van der Waals surface area contributed by atoms with Crippen molar-refractivity contribution in [1.82, 2.24) is 15.2 Å². The number of carbonyl (C=O) groups excluding carboxylic acids is 1. The molecule has 0 radical (unpaired) electrons. The molecule has 4 rings (SSSR count). The molecule has 0 saturated carbocycles. The molecule has 2 aliphatic rings. The molecule has 2 aliphatic heterocycles. The van der Waals surface area contributed by atoms with Crippen LogP contribution in [0, 0.1) is 17.7 Å². The van der Waals surface area contributed by atoms with Crippen LogP contribution in [0.4, 0.5) is 4.39 Å². The van der Waals surface area contributed by atoms with Crippen molar-refractivity contribution in [1.29, 1.82) is 0 Å². The van der Waals surface area contributed by atoms with Gasteiger partial charge < -0.3 is 14.7 Å². The first-order valence-electron chi connectivity index (χ1n) is 7.30. The summed E-state index contributed by atoms with van der Waals surface area (Å²) in [5.74, 6) is -0.425. The summed E-state index contributed by atoms with van der Waals surface area (Å²) >= 11 is 0. The second-order valence-electron chi connectivity index (χ2n) is 5.79. The van der Waals surface area contributed by atoms with E-state index in [0.717, 1.165) is 0 Å². The summed E-state index contributed by atoms with van der Waals surface area (Å²) in [5, 5.41) is 16.6. The largest absolute Gasteiger partial charge is 0.493 e. The summed E-state index contributed by atoms with van der Waals surface area (Å²) < 4.78 is 23.9. The van der Waals surface area contributed by atoms with Crippen molar-refractivity contribution in [3.05, 3.63) is 41.5 Å². The van der Waals surface area contributed by atoms with Crippen LogP contribution in [0.2, 0.25) is 0 Å². The van der Waals surface area contributed by atoms with E-state index in [9.17, 15) is 14.3 Å². The van der Waals surface area contributed by atoms with Crippen molar-refractivity contribution in [2.24, 2.45) is 11.8 Å². The number of carbonyl (C=O) groups is 1. The van der Waals surface area contributed by atoms with Crippen LogP contribution < -0.4 is 4.74 Å². The number of benzene rings is 1. The van der Waals surface area contributed by atoms with Gasteiger partial charge in [-0.1, -0.05) is 5.16 Å². The first-order valence-corrected chi connectivity index (χ1v) is 7.30. The maximum absolute atomic E-state index is 13.7. The third-order valence-electron chi connectivity index (χ3n) is 4.58. The Hall–Kier alpha value is -2.48. The Bertz CT molecular complexity index is 736. The van der Waals surface area contributed by atoms with Crippen molar-refractivity contribution in [2.45, 2.75) is 6.04 Å². The monoisotopic (exact) mass is 319 g/mol. The molecule has 1 N–H and O–H groups in total. The van der Waals surface area contributed by atoms with Crippen molar-refractivity contribution in [2.75, 3.05) is 19.8 Å². The number of rotatable bonds is 2. The smallest absolute Gasteiger partial charge is 0.278 e. The van der Waals surface area contributed by atoms with E-state index in [-0.39, 0.29) is 36.1 Å². The number of aromatic nitrogens is 2. The lowest BCUT2D eigenvalue weighted by molar-refractivity contribution is 0.0662. The lowest BCUT2D eigenvalue weighted by Crippen LogP contribution is -2.35. The highest BCUT2D eigenvalue weighted by molar-refractivity contribution is 5.92. The summed E-state index contributed by atoms with van der Waals surface area (Å²) in [6.07, 6.45) is 1.25. The molecule has 0 spiro atoms. The van der Waals surface area contributed by atoms with Gasteiger partial charge in [-0.2, -0.15) is 0 Å². The summed E-state index contributed by atoms with van der Waals surface area (Å²) in [6.45, 7) is 0.641. The van der Waals surface area contributed by atoms with Crippen LogP contribution in [0.3, 0.4) is 0 Å². The van der Waals surface area contributed by atoms with Gasteiger partial charge in [-0.15, -0.1) is 0 Å². The summed E-state index contributed by atoms with van der Waals surface area (Å²) in [6, 6.07) is 3.90. The van der Waals surface area contributed by atoms with Crippen LogP contribution >= 0.6 is 0 Å². The van der Waals surface area contributed by atoms with E-state index < -0.39 is 5.82 Å². The highest BCUT2D eigenvalue weighted by Crippen LogP contribution is 2.47. The number of aliphatic hydroxyl groups excluding tert-OH is 1. The van der Waals surface area contributed by atoms with Gasteiger partial charge in [0.1, 0.15) is 17.8 Å². The Morgan fingerprint density at radius 3 is 3.09 bits per heavy atom. The molecule has 0 bridgehead atoms. The summed E-state index contributed by atoms with van der Waals surface area (Å²) in [7, 11) is 0. The number of nitrogens with zero attached hydrogens (tertiary/aromatic N) is 3. The van der Waals surface area contributed by atoms with E-state index in [0.29, 0.717) is 24.5 Å². The minimum atomic E-state index is -0.393. The van der Waals surface area contributed by atoms with Crippen LogP contribution in [-0.2, 0) is 0 Å². The molecule has 1 aromatic heterocycles. The Morgan fingerprint density at radius 2 is 2.35 bits per heavy atom. The number of halogens is 1. The van der Waals surface area contributed by atoms with Gasteiger partial charge in [0.05, 0.1) is 12.6 Å². The predicted molar refractivity (Wildman–Crippen MR) is 74.0 cm³/mol. The van der Waals surface area contributed by atoms with E-state index in [2.05, 4.69) is 14.9 Å². The molecule has 0 unspecified atom stereocenters. The normalized spacial score (nSPS) is 25.7. The molecule has 23 heavy (non-hydrogen) atoms. The predicted octanol–water partition coefficient (Wildman–Crippen LogP) is 1.02. The molecule has 7 nitrogen and oxygen atoms in total. The molecular formula is C15H14FN3O4. The molecule has 1 saturated heterocycles. The second-order valence-corrected chi connectivity index (χ2v) is 5.79. The SMILES string of the molecule is O=C(c1cnon1)N1C[C@@H](CO)[C@@H]2COc3ccc(F)cc3[C@@H]21. The Morgan fingerprint density at radius 1 is 1.48 bits per heavy atom. The first kappa shape index (κ1) is 14.1. The number of ether oxygens (including phenoxy) is 1. The van der Waals surface area contributed by atoms with Gasteiger partial charge in [-0.25, -0.2) is 9.02 Å². The van der Waals surface area contributed by atoms with E-state index in [1.165, 1.54) is 18.3 Å². The van der Waals surface area contributed by atoms with Gasteiger partial charge in [0.15, 0.2) is 5.69 Å². The topological polar surface area (TPSA) is 88.7 Å². The lowest BCUT2D eigenvalue weighted by Gasteiger charge is -2.34. The fourth-order valence-electron chi connectivity index (χ4n) is 3.49. The maximum atomic E-state index is 13.7. The van der Waals surface area contributed by atoms with Gasteiger partial charge in [0, 0.05) is 30.6 Å². The number of hydrogen-bond acceptors (Lipinski definition) is 6. The number of hydrogen-bond donors (Lipinski definition) is 1. The minimum absolute atomic E-state index is 0.0734. The second kappa shape index (κ2) is 5.31. The molecule has 2 aromatic rings. The average Bonchev–Trinajstić information content (AvgIpc) is 3.21. The Balaban J connectivity index is 1.77. The van der Waals surface area contributed by atoms with Crippen LogP contribution in [0.1, 0.15) is 22.1 Å². The quantitative estimate of drug-likeness (QED) is 0.889. The van der Waals surface area contributed by atoms with Crippen molar-refractivity contribution >= 4 is 5.91 Å². The minimum Gasteiger partial charge on any atom is -0.493 e. The molecule has 8 heteroatoms. The molecule has 0 aliphatic carbocycles. The number of amides is 1. The van der Waals surface area contributed by atoms with Crippen LogP contribution in [0.25, 0.3) is 0 Å². The lowest BCUT2D eigenvalue weighted by atomic mass is 9.85. The molecule has 3 atom stereocenters. The molecule has 1 amide bonds. The van der Waals surface area contributed by atoms with Crippen molar-refractivity contribution in [3.8, 4) is 5.75 Å². The molecule has 120 valence electrons. The fraction of sp³-hybridized carbons (Fsp3) is 0.400. The van der Waals surface area contributed by atoms with Gasteiger partial charge >= 0.3 is 0 Å². The third-order valence-corrected chi connectivity index (χ3v) is 4.58. The maximum Gasteiger partial charge on any atom is 0.278 e. The van der Waals surface area contributed by atoms with Crippen LogP contribution in [-0.4, -0.2) is 46.0 Å². The van der Waals surface area contributed by atoms with E-state index in [1.807, 2.05) is 0 Å². The van der Waals surface area contributed by atoms with Gasteiger partial charge in [0.2, 0.25) is 0 Å². The van der Waals surface area contributed by atoms with Crippen LogP contribution in [0.15, 0.2) is 29.0 Å². The van der Waals surface area contributed by atoms with Crippen molar-refractivity contribution in [3.63, 3.8) is 0 Å². The first-order chi connectivity index (χ1) is 11.2. The highest BCUT2D eigenvalue weighted by atomic mass is 19.1. The molecular weight excluding hydrogens is 305 g/mol. The zero-order valence-corrected chi connectivity index (χ0v) is 12.1. The van der Waals surface area contributed by atoms with Gasteiger partial charge in [-0.3, -0.25) is 4.79 Å². The van der Waals surface area contributed by atoms with Crippen molar-refractivity contribution < 1.29 is 23.7 Å². The highest BCUT2D eigenvalue weighted by Gasteiger charge is 2.48. The fourth-order valence-corrected chi connectivity index (χ4v) is 3.49. The van der Waals surface area contributed by atoms with Gasteiger partial charge in [0.25, 0.3) is 5.91 Å². The Kier molecular flexibility index (Phi) is 3.26. The number of aliphatic hydroxyl groups is 1. The van der Waals surface area contributed by atoms with Gasteiger partial charge in [-0.05, 0) is 23.4 Å². The summed E-state index contributed by atoms with van der Waals surface area (Å²) in [5.41, 5.74) is 0.703. The van der Waals surface area contributed by atoms with E-state index >= 15 is 0 Å². The zero-order valence-electron chi connectivity index (χ0n) is 12.1. The molecule has 3 heterocycles.